The van der Waals surface area contributed by atoms with E-state index in [1.165, 1.54) is 6.42 Å². The zero-order valence-corrected chi connectivity index (χ0v) is 13.2. The van der Waals surface area contributed by atoms with Crippen LogP contribution in [0.1, 0.15) is 45.4 Å². The molecule has 2 atom stereocenters. The molecule has 0 saturated carbocycles. The Morgan fingerprint density at radius 1 is 1.00 bits per heavy atom. The number of nitrogens with one attached hydrogen (secondary N) is 1. The fourth-order valence-corrected chi connectivity index (χ4v) is 5.78. The van der Waals surface area contributed by atoms with E-state index in [9.17, 15) is 8.42 Å². The van der Waals surface area contributed by atoms with Gasteiger partial charge in [-0.2, -0.15) is 17.0 Å². The maximum absolute atomic E-state index is 12.9. The highest BCUT2D eigenvalue weighted by atomic mass is 32.2. The Morgan fingerprint density at radius 3 is 2.40 bits per heavy atom. The summed E-state index contributed by atoms with van der Waals surface area (Å²) in [6.45, 7) is 5.36. The van der Waals surface area contributed by atoms with Gasteiger partial charge in [-0.15, -0.1) is 0 Å². The predicted molar refractivity (Wildman–Crippen MR) is 79.6 cm³/mol. The fraction of sp³-hybridized carbons (Fsp3) is 1.00. The van der Waals surface area contributed by atoms with Crippen molar-refractivity contribution in [3.63, 3.8) is 0 Å². The summed E-state index contributed by atoms with van der Waals surface area (Å²) in [5.74, 6) is 0.660. The first-order chi connectivity index (χ1) is 9.59. The molecule has 0 aromatic carbocycles. The first-order valence-corrected chi connectivity index (χ1v) is 9.49. The number of piperidine rings is 1. The average molecular weight is 301 g/mol. The largest absolute Gasteiger partial charge is 0.312 e. The van der Waals surface area contributed by atoms with Gasteiger partial charge >= 0.3 is 0 Å². The van der Waals surface area contributed by atoms with Crippen LogP contribution in [0.2, 0.25) is 0 Å². The van der Waals surface area contributed by atoms with Gasteiger partial charge in [0.15, 0.2) is 0 Å². The monoisotopic (exact) mass is 301 g/mol. The molecular formula is C14H27N3O2S. The predicted octanol–water partition coefficient (Wildman–Crippen LogP) is 1.18. The summed E-state index contributed by atoms with van der Waals surface area (Å²) in [4.78, 5) is 0. The van der Waals surface area contributed by atoms with Crippen molar-refractivity contribution >= 4 is 10.2 Å². The molecule has 3 fully saturated rings. The maximum atomic E-state index is 12.9. The van der Waals surface area contributed by atoms with Crippen LogP contribution in [0.15, 0.2) is 0 Å². The summed E-state index contributed by atoms with van der Waals surface area (Å²) < 4.78 is 29.3. The minimum Gasteiger partial charge on any atom is -0.312 e. The highest BCUT2D eigenvalue weighted by Gasteiger charge is 2.42. The molecule has 6 heteroatoms. The third-order valence-electron chi connectivity index (χ3n) is 5.18. The van der Waals surface area contributed by atoms with Gasteiger partial charge in [0, 0.05) is 31.7 Å². The minimum atomic E-state index is -3.25. The van der Waals surface area contributed by atoms with Crippen molar-refractivity contribution in [1.82, 2.24) is 13.9 Å². The van der Waals surface area contributed by atoms with Crippen molar-refractivity contribution in [3.8, 4) is 0 Å². The lowest BCUT2D eigenvalue weighted by atomic mass is 10.0. The molecule has 0 spiro atoms. The average Bonchev–Trinajstić information content (AvgIpc) is 3.10. The van der Waals surface area contributed by atoms with Gasteiger partial charge in [0.25, 0.3) is 10.2 Å². The number of hydrogen-bond donors (Lipinski definition) is 1. The van der Waals surface area contributed by atoms with Crippen LogP contribution in [0.3, 0.4) is 0 Å². The molecule has 3 aliphatic heterocycles. The molecule has 0 amide bonds. The van der Waals surface area contributed by atoms with Crippen LogP contribution in [-0.2, 0) is 10.2 Å². The van der Waals surface area contributed by atoms with Gasteiger partial charge in [0.1, 0.15) is 0 Å². The normalized spacial score (nSPS) is 34.9. The van der Waals surface area contributed by atoms with Crippen molar-refractivity contribution < 1.29 is 8.42 Å². The van der Waals surface area contributed by atoms with Gasteiger partial charge in [0.2, 0.25) is 0 Å². The Bertz CT molecular complexity index is 426. The Hall–Kier alpha value is -0.170. The molecule has 0 bridgehead atoms. The van der Waals surface area contributed by atoms with Gasteiger partial charge in [-0.25, -0.2) is 0 Å². The van der Waals surface area contributed by atoms with E-state index in [4.69, 9.17) is 0 Å². The first kappa shape index (κ1) is 14.8. The smallest absolute Gasteiger partial charge is 0.282 e. The van der Waals surface area contributed by atoms with Gasteiger partial charge in [-0.3, -0.25) is 0 Å². The molecule has 0 radical (unpaired) electrons. The van der Waals surface area contributed by atoms with E-state index < -0.39 is 10.2 Å². The van der Waals surface area contributed by atoms with Crippen molar-refractivity contribution in [3.05, 3.63) is 0 Å². The summed E-state index contributed by atoms with van der Waals surface area (Å²) in [6.07, 6.45) is 6.32. The number of rotatable bonds is 3. The first-order valence-electron chi connectivity index (χ1n) is 8.09. The molecule has 116 valence electrons. The van der Waals surface area contributed by atoms with E-state index in [0.29, 0.717) is 31.6 Å². The van der Waals surface area contributed by atoms with E-state index in [1.54, 1.807) is 8.61 Å². The van der Waals surface area contributed by atoms with Crippen molar-refractivity contribution in [2.24, 2.45) is 5.92 Å². The summed E-state index contributed by atoms with van der Waals surface area (Å²) in [5.41, 5.74) is 0. The highest BCUT2D eigenvalue weighted by molar-refractivity contribution is 7.86. The van der Waals surface area contributed by atoms with E-state index in [0.717, 1.165) is 38.6 Å². The van der Waals surface area contributed by atoms with E-state index in [-0.39, 0.29) is 6.04 Å². The van der Waals surface area contributed by atoms with Crippen LogP contribution >= 0.6 is 0 Å². The standard InChI is InChI=1S/C14H27N3O2S/c1-12-6-10-16(11-7-12)20(18,19)17-9-3-5-14(17)13-4-2-8-15-13/h12-15H,2-11H2,1H3. The summed E-state index contributed by atoms with van der Waals surface area (Å²) >= 11 is 0. The lowest BCUT2D eigenvalue weighted by Crippen LogP contribution is -2.53. The molecule has 2 unspecified atom stereocenters. The van der Waals surface area contributed by atoms with E-state index in [1.807, 2.05) is 0 Å². The van der Waals surface area contributed by atoms with Crippen LogP contribution in [0, 0.1) is 5.92 Å². The van der Waals surface area contributed by atoms with Gasteiger partial charge in [-0.1, -0.05) is 6.92 Å². The van der Waals surface area contributed by atoms with Gasteiger partial charge in [0.05, 0.1) is 0 Å². The van der Waals surface area contributed by atoms with Gasteiger partial charge < -0.3 is 5.32 Å². The van der Waals surface area contributed by atoms with E-state index in [2.05, 4.69) is 12.2 Å². The zero-order valence-electron chi connectivity index (χ0n) is 12.4. The molecule has 20 heavy (non-hydrogen) atoms. The van der Waals surface area contributed by atoms with Gasteiger partial charge in [-0.05, 0) is 51.0 Å². The van der Waals surface area contributed by atoms with Crippen LogP contribution < -0.4 is 5.32 Å². The van der Waals surface area contributed by atoms with Crippen molar-refractivity contribution in [1.29, 1.82) is 0 Å². The Morgan fingerprint density at radius 2 is 1.75 bits per heavy atom. The van der Waals surface area contributed by atoms with Crippen LogP contribution in [0.5, 0.6) is 0 Å². The molecule has 3 saturated heterocycles. The third-order valence-corrected chi connectivity index (χ3v) is 7.24. The summed E-state index contributed by atoms with van der Waals surface area (Å²) in [6, 6.07) is 0.554. The van der Waals surface area contributed by atoms with E-state index >= 15 is 0 Å². The molecule has 3 heterocycles. The summed E-state index contributed by atoms with van der Waals surface area (Å²) in [5, 5.41) is 3.49. The number of nitrogens with zero attached hydrogens (tertiary/aromatic N) is 2. The molecular weight excluding hydrogens is 274 g/mol. The number of hydrogen-bond acceptors (Lipinski definition) is 3. The molecule has 3 aliphatic rings. The molecule has 5 nitrogen and oxygen atoms in total. The molecule has 0 aliphatic carbocycles. The minimum absolute atomic E-state index is 0.182. The topological polar surface area (TPSA) is 52.7 Å². The van der Waals surface area contributed by atoms with Crippen molar-refractivity contribution in [2.45, 2.75) is 57.5 Å². The highest BCUT2D eigenvalue weighted by Crippen LogP contribution is 2.30. The maximum Gasteiger partial charge on any atom is 0.282 e. The van der Waals surface area contributed by atoms with Crippen molar-refractivity contribution in [2.75, 3.05) is 26.2 Å². The molecule has 0 aromatic heterocycles. The Balaban J connectivity index is 1.72. The lowest BCUT2D eigenvalue weighted by molar-refractivity contribution is 0.248. The van der Waals surface area contributed by atoms with Crippen LogP contribution in [0.4, 0.5) is 0 Å². The second-order valence-electron chi connectivity index (χ2n) is 6.61. The van der Waals surface area contributed by atoms with Crippen LogP contribution in [0.25, 0.3) is 0 Å². The zero-order chi connectivity index (χ0) is 14.2. The Labute approximate surface area is 122 Å². The SMILES string of the molecule is CC1CCN(S(=O)(=O)N2CCCC2C2CCCN2)CC1. The lowest BCUT2D eigenvalue weighted by Gasteiger charge is -2.36. The molecule has 0 aromatic rings. The quantitative estimate of drug-likeness (QED) is 0.851. The second kappa shape index (κ2) is 5.91. The molecule has 3 rings (SSSR count). The molecule has 1 N–H and O–H groups in total. The fourth-order valence-electron chi connectivity index (χ4n) is 3.86. The Kier molecular flexibility index (Phi) is 4.36. The van der Waals surface area contributed by atoms with Crippen LogP contribution in [-0.4, -0.2) is 55.3 Å². The third kappa shape index (κ3) is 2.75. The second-order valence-corrected chi connectivity index (χ2v) is 8.49. The summed E-state index contributed by atoms with van der Waals surface area (Å²) in [7, 11) is -3.25.